The molecule has 0 aromatic heterocycles. The van der Waals surface area contributed by atoms with Gasteiger partial charge in [-0.05, 0) is 18.6 Å². The van der Waals surface area contributed by atoms with E-state index in [9.17, 15) is 4.79 Å². The van der Waals surface area contributed by atoms with E-state index in [4.69, 9.17) is 10.9 Å². The van der Waals surface area contributed by atoms with Crippen molar-refractivity contribution in [1.29, 1.82) is 0 Å². The highest BCUT2D eigenvalue weighted by Crippen LogP contribution is 2.26. The van der Waals surface area contributed by atoms with Crippen LogP contribution in [0.1, 0.15) is 25.7 Å². The number of hydrogen-bond acceptors (Lipinski definition) is 4. The van der Waals surface area contributed by atoms with Gasteiger partial charge in [0.2, 0.25) is 5.91 Å². The normalized spacial score (nSPS) is 21.8. The molecular weight excluding hydrogens is 226 g/mol. The van der Waals surface area contributed by atoms with Crippen molar-refractivity contribution in [2.24, 2.45) is 10.9 Å². The van der Waals surface area contributed by atoms with Crippen LogP contribution in [0.5, 0.6) is 0 Å². The standard InChI is InChI=1S/C10H19N3O2S/c1-13(6-5-9(11)12-15)10(14)8-4-2-3-7-16-8/h8,15H,2-7H2,1H3,(H2,11,12). The van der Waals surface area contributed by atoms with Crippen molar-refractivity contribution >= 4 is 23.5 Å². The summed E-state index contributed by atoms with van der Waals surface area (Å²) in [4.78, 5) is 13.6. The van der Waals surface area contributed by atoms with Gasteiger partial charge in [-0.3, -0.25) is 4.79 Å². The number of thioether (sulfide) groups is 1. The highest BCUT2D eigenvalue weighted by molar-refractivity contribution is 8.00. The van der Waals surface area contributed by atoms with Crippen LogP contribution < -0.4 is 5.73 Å². The number of hydrogen-bond donors (Lipinski definition) is 2. The van der Waals surface area contributed by atoms with E-state index in [-0.39, 0.29) is 17.0 Å². The summed E-state index contributed by atoms with van der Waals surface area (Å²) in [5.74, 6) is 1.40. The largest absolute Gasteiger partial charge is 0.409 e. The fourth-order valence-corrected chi connectivity index (χ4v) is 2.93. The Kier molecular flexibility index (Phi) is 5.45. The van der Waals surface area contributed by atoms with E-state index >= 15 is 0 Å². The Bertz CT molecular complexity index is 265. The highest BCUT2D eigenvalue weighted by atomic mass is 32.2. The number of nitrogens with zero attached hydrogens (tertiary/aromatic N) is 2. The van der Waals surface area contributed by atoms with Crippen molar-refractivity contribution in [3.63, 3.8) is 0 Å². The minimum atomic E-state index is 0.103. The molecule has 5 nitrogen and oxygen atoms in total. The summed E-state index contributed by atoms with van der Waals surface area (Å²) >= 11 is 1.74. The van der Waals surface area contributed by atoms with E-state index in [1.54, 1.807) is 23.7 Å². The van der Waals surface area contributed by atoms with Gasteiger partial charge in [-0.2, -0.15) is 0 Å². The molecule has 0 bridgehead atoms. The van der Waals surface area contributed by atoms with Crippen molar-refractivity contribution in [3.8, 4) is 0 Å². The molecule has 1 atom stereocenters. The van der Waals surface area contributed by atoms with Gasteiger partial charge in [0.1, 0.15) is 5.84 Å². The molecule has 1 rings (SSSR count). The molecule has 16 heavy (non-hydrogen) atoms. The zero-order valence-corrected chi connectivity index (χ0v) is 10.4. The van der Waals surface area contributed by atoms with Gasteiger partial charge in [0, 0.05) is 20.0 Å². The third kappa shape index (κ3) is 3.92. The summed E-state index contributed by atoms with van der Waals surface area (Å²) in [6, 6.07) is 0. The lowest BCUT2D eigenvalue weighted by atomic mass is 10.1. The quantitative estimate of drug-likeness (QED) is 0.333. The topological polar surface area (TPSA) is 78.9 Å². The highest BCUT2D eigenvalue weighted by Gasteiger charge is 2.24. The molecule has 6 heteroatoms. The number of amides is 1. The molecule has 0 radical (unpaired) electrons. The van der Waals surface area contributed by atoms with E-state index in [0.717, 1.165) is 18.6 Å². The van der Waals surface area contributed by atoms with Crippen molar-refractivity contribution in [2.45, 2.75) is 30.9 Å². The molecule has 1 aliphatic rings. The molecule has 0 spiro atoms. The first kappa shape index (κ1) is 13.2. The second-order valence-corrected chi connectivity index (χ2v) is 5.27. The first-order valence-corrected chi connectivity index (χ1v) is 6.53. The lowest BCUT2D eigenvalue weighted by Crippen LogP contribution is -2.37. The molecule has 1 aliphatic heterocycles. The molecule has 1 fully saturated rings. The smallest absolute Gasteiger partial charge is 0.235 e. The van der Waals surface area contributed by atoms with Gasteiger partial charge in [0.05, 0.1) is 5.25 Å². The van der Waals surface area contributed by atoms with Crippen molar-refractivity contribution in [3.05, 3.63) is 0 Å². The Morgan fingerprint density at radius 1 is 1.62 bits per heavy atom. The van der Waals surface area contributed by atoms with Crippen LogP contribution in [-0.4, -0.2) is 46.4 Å². The minimum Gasteiger partial charge on any atom is -0.409 e. The van der Waals surface area contributed by atoms with Gasteiger partial charge in [-0.1, -0.05) is 11.6 Å². The lowest BCUT2D eigenvalue weighted by molar-refractivity contribution is -0.129. The summed E-state index contributed by atoms with van der Waals surface area (Å²) in [6.45, 7) is 0.506. The van der Waals surface area contributed by atoms with Gasteiger partial charge >= 0.3 is 0 Å². The first-order valence-electron chi connectivity index (χ1n) is 5.48. The Hall–Kier alpha value is -0.910. The van der Waals surface area contributed by atoms with Crippen LogP contribution >= 0.6 is 11.8 Å². The maximum atomic E-state index is 12.0. The Labute approximate surface area is 100 Å². The monoisotopic (exact) mass is 245 g/mol. The van der Waals surface area contributed by atoms with Crippen molar-refractivity contribution in [2.75, 3.05) is 19.3 Å². The molecule has 92 valence electrons. The predicted octanol–water partition coefficient (Wildman–Crippen LogP) is 0.867. The molecule has 1 heterocycles. The van der Waals surface area contributed by atoms with E-state index in [0.29, 0.717) is 13.0 Å². The average molecular weight is 245 g/mol. The van der Waals surface area contributed by atoms with Crippen LogP contribution in [0.3, 0.4) is 0 Å². The third-order valence-corrected chi connectivity index (χ3v) is 4.03. The van der Waals surface area contributed by atoms with Gasteiger partial charge in [0.15, 0.2) is 0 Å². The SMILES string of the molecule is CN(CCC(N)=NO)C(=O)C1CCCCS1. The predicted molar refractivity (Wildman–Crippen MR) is 65.8 cm³/mol. The second-order valence-electron chi connectivity index (χ2n) is 3.96. The Balaban J connectivity index is 2.34. The van der Waals surface area contributed by atoms with Crippen LogP contribution in [0.15, 0.2) is 5.16 Å². The maximum Gasteiger partial charge on any atom is 0.235 e. The molecule has 1 saturated heterocycles. The third-order valence-electron chi connectivity index (χ3n) is 2.66. The van der Waals surface area contributed by atoms with Crippen LogP contribution in [-0.2, 0) is 4.79 Å². The molecule has 0 saturated carbocycles. The van der Waals surface area contributed by atoms with Gasteiger partial charge in [-0.25, -0.2) is 0 Å². The zero-order valence-electron chi connectivity index (χ0n) is 9.56. The number of carbonyl (C=O) groups excluding carboxylic acids is 1. The van der Waals surface area contributed by atoms with Crippen LogP contribution in [0.4, 0.5) is 0 Å². The zero-order chi connectivity index (χ0) is 12.0. The first-order chi connectivity index (χ1) is 7.65. The summed E-state index contributed by atoms with van der Waals surface area (Å²) in [5, 5.41) is 11.4. The lowest BCUT2D eigenvalue weighted by Gasteiger charge is -2.25. The second kappa shape index (κ2) is 6.62. The van der Waals surface area contributed by atoms with E-state index < -0.39 is 0 Å². The summed E-state index contributed by atoms with van der Waals surface area (Å²) in [5.41, 5.74) is 5.36. The molecule has 0 aromatic rings. The maximum absolute atomic E-state index is 12.0. The molecule has 3 N–H and O–H groups in total. The van der Waals surface area contributed by atoms with Gasteiger partial charge in [0.25, 0.3) is 0 Å². The molecule has 1 amide bonds. The van der Waals surface area contributed by atoms with Crippen molar-refractivity contribution in [1.82, 2.24) is 4.90 Å². The molecule has 0 aliphatic carbocycles. The van der Waals surface area contributed by atoms with Gasteiger partial charge in [-0.15, -0.1) is 11.8 Å². The fraction of sp³-hybridized carbons (Fsp3) is 0.800. The van der Waals surface area contributed by atoms with Crippen LogP contribution in [0.25, 0.3) is 0 Å². The number of carbonyl (C=O) groups is 1. The Morgan fingerprint density at radius 3 is 2.94 bits per heavy atom. The summed E-state index contributed by atoms with van der Waals surface area (Å²) < 4.78 is 0. The number of amidine groups is 1. The van der Waals surface area contributed by atoms with E-state index in [1.807, 2.05) is 0 Å². The molecular formula is C10H19N3O2S. The van der Waals surface area contributed by atoms with E-state index in [2.05, 4.69) is 5.16 Å². The van der Waals surface area contributed by atoms with E-state index in [1.165, 1.54) is 6.42 Å². The number of oxime groups is 1. The van der Waals surface area contributed by atoms with Crippen LogP contribution in [0.2, 0.25) is 0 Å². The van der Waals surface area contributed by atoms with Gasteiger partial charge < -0.3 is 15.8 Å². The number of nitrogens with two attached hydrogens (primary N) is 1. The summed E-state index contributed by atoms with van der Waals surface area (Å²) in [7, 11) is 1.77. The van der Waals surface area contributed by atoms with Crippen LogP contribution in [0, 0.1) is 0 Å². The fourth-order valence-electron chi connectivity index (χ4n) is 1.62. The minimum absolute atomic E-state index is 0.103. The van der Waals surface area contributed by atoms with Crippen molar-refractivity contribution < 1.29 is 10.0 Å². The number of rotatable bonds is 4. The summed E-state index contributed by atoms with van der Waals surface area (Å²) in [6.07, 6.45) is 3.73. The Morgan fingerprint density at radius 2 is 2.38 bits per heavy atom. The molecule has 0 aromatic carbocycles. The molecule has 1 unspecified atom stereocenters. The average Bonchev–Trinajstić information content (AvgIpc) is 2.35.